The highest BCUT2D eigenvalue weighted by atomic mass is 79.9. The fourth-order valence-electron chi connectivity index (χ4n) is 1.90. The summed E-state index contributed by atoms with van der Waals surface area (Å²) in [5, 5.41) is 6.06. The van der Waals surface area contributed by atoms with Crippen LogP contribution in [0.4, 0.5) is 5.82 Å². The molecule has 1 aromatic heterocycles. The van der Waals surface area contributed by atoms with Crippen LogP contribution in [-0.4, -0.2) is 23.5 Å². The Morgan fingerprint density at radius 2 is 2.41 bits per heavy atom. The number of carbonyl (C=O) groups is 1. The number of aryl methyl sites for hydroxylation is 1. The Morgan fingerprint density at radius 3 is 3.06 bits per heavy atom. The van der Waals surface area contributed by atoms with E-state index in [4.69, 9.17) is 0 Å². The Kier molecular flexibility index (Phi) is 4.12. The molecule has 4 nitrogen and oxygen atoms in total. The van der Waals surface area contributed by atoms with Gasteiger partial charge in [0, 0.05) is 10.7 Å². The fraction of sp³-hybridized carbons (Fsp3) is 0.500. The summed E-state index contributed by atoms with van der Waals surface area (Å²) in [7, 11) is 0. The standard InChI is InChI=1S/C12H16BrN3O/c1-8-6-11(15-7-9(8)13)16-12(17)10-4-2-3-5-14-10/h6-7,10,14H,2-5H2,1H3,(H,15,16,17)/t10-/m0/s1. The first kappa shape index (κ1) is 12.5. The monoisotopic (exact) mass is 297 g/mol. The summed E-state index contributed by atoms with van der Waals surface area (Å²) < 4.78 is 0.950. The van der Waals surface area contributed by atoms with Gasteiger partial charge in [-0.15, -0.1) is 0 Å². The van der Waals surface area contributed by atoms with Crippen molar-refractivity contribution in [2.75, 3.05) is 11.9 Å². The van der Waals surface area contributed by atoms with E-state index in [0.29, 0.717) is 5.82 Å². The first-order valence-electron chi connectivity index (χ1n) is 5.83. The summed E-state index contributed by atoms with van der Waals surface area (Å²) in [5.74, 6) is 0.627. The molecule has 0 aliphatic carbocycles. The van der Waals surface area contributed by atoms with Crippen molar-refractivity contribution >= 4 is 27.7 Å². The average molecular weight is 298 g/mol. The summed E-state index contributed by atoms with van der Waals surface area (Å²) in [6.07, 6.45) is 4.87. The molecule has 92 valence electrons. The van der Waals surface area contributed by atoms with Gasteiger partial charge in [0.25, 0.3) is 0 Å². The van der Waals surface area contributed by atoms with Crippen molar-refractivity contribution in [2.24, 2.45) is 0 Å². The molecule has 0 radical (unpaired) electrons. The molecule has 1 saturated heterocycles. The van der Waals surface area contributed by atoms with E-state index in [0.717, 1.165) is 35.8 Å². The van der Waals surface area contributed by atoms with Gasteiger partial charge in [-0.1, -0.05) is 6.42 Å². The molecule has 2 rings (SSSR count). The number of nitrogens with zero attached hydrogens (tertiary/aromatic N) is 1. The molecule has 17 heavy (non-hydrogen) atoms. The number of piperidine rings is 1. The van der Waals surface area contributed by atoms with Crippen molar-refractivity contribution in [3.05, 3.63) is 22.3 Å². The number of pyridine rings is 1. The van der Waals surface area contributed by atoms with Gasteiger partial charge in [0.2, 0.25) is 5.91 Å². The van der Waals surface area contributed by atoms with Gasteiger partial charge in [-0.2, -0.15) is 0 Å². The number of nitrogens with one attached hydrogen (secondary N) is 2. The van der Waals surface area contributed by atoms with Crippen molar-refractivity contribution in [1.82, 2.24) is 10.3 Å². The molecular weight excluding hydrogens is 282 g/mol. The predicted octanol–water partition coefficient (Wildman–Crippen LogP) is 2.23. The third kappa shape index (κ3) is 3.26. The maximum atomic E-state index is 11.9. The Bertz CT molecular complexity index is 416. The minimum absolute atomic E-state index is 0.0129. The van der Waals surface area contributed by atoms with Crippen molar-refractivity contribution < 1.29 is 4.79 Å². The first-order valence-corrected chi connectivity index (χ1v) is 6.62. The van der Waals surface area contributed by atoms with E-state index in [1.54, 1.807) is 6.20 Å². The number of anilines is 1. The fourth-order valence-corrected chi connectivity index (χ4v) is 2.11. The van der Waals surface area contributed by atoms with Crippen LogP contribution in [0.15, 0.2) is 16.7 Å². The highest BCUT2D eigenvalue weighted by Crippen LogP contribution is 2.17. The van der Waals surface area contributed by atoms with E-state index in [-0.39, 0.29) is 11.9 Å². The molecule has 0 spiro atoms. The van der Waals surface area contributed by atoms with Crippen molar-refractivity contribution in [2.45, 2.75) is 32.2 Å². The number of rotatable bonds is 2. The number of hydrogen-bond donors (Lipinski definition) is 2. The molecule has 0 aromatic carbocycles. The minimum Gasteiger partial charge on any atom is -0.309 e. The second-order valence-corrected chi connectivity index (χ2v) is 5.16. The van der Waals surface area contributed by atoms with Gasteiger partial charge in [-0.3, -0.25) is 4.79 Å². The molecule has 2 heterocycles. The first-order chi connectivity index (χ1) is 8.16. The van der Waals surface area contributed by atoms with Gasteiger partial charge in [0.15, 0.2) is 0 Å². The Morgan fingerprint density at radius 1 is 1.59 bits per heavy atom. The molecule has 1 aromatic rings. The lowest BCUT2D eigenvalue weighted by molar-refractivity contribution is -0.118. The van der Waals surface area contributed by atoms with Gasteiger partial charge >= 0.3 is 0 Å². The Hall–Kier alpha value is -0.940. The van der Waals surface area contributed by atoms with Gasteiger partial charge in [-0.25, -0.2) is 4.98 Å². The van der Waals surface area contributed by atoms with Gasteiger partial charge in [0.05, 0.1) is 6.04 Å². The van der Waals surface area contributed by atoms with Crippen LogP contribution in [0.2, 0.25) is 0 Å². The summed E-state index contributed by atoms with van der Waals surface area (Å²) in [6.45, 7) is 2.89. The third-order valence-corrected chi connectivity index (χ3v) is 3.76. The Balaban J connectivity index is 1.99. The zero-order chi connectivity index (χ0) is 12.3. The number of aromatic nitrogens is 1. The number of carbonyl (C=O) groups excluding carboxylic acids is 1. The van der Waals surface area contributed by atoms with E-state index in [1.165, 1.54) is 0 Å². The largest absolute Gasteiger partial charge is 0.309 e. The quantitative estimate of drug-likeness (QED) is 0.880. The second-order valence-electron chi connectivity index (χ2n) is 4.31. The summed E-state index contributed by atoms with van der Waals surface area (Å²) in [6, 6.07) is 1.79. The van der Waals surface area contributed by atoms with Crippen LogP contribution in [0.3, 0.4) is 0 Å². The molecule has 1 fully saturated rings. The lowest BCUT2D eigenvalue weighted by Gasteiger charge is -2.22. The second kappa shape index (κ2) is 5.60. The maximum absolute atomic E-state index is 11.9. The molecule has 2 N–H and O–H groups in total. The van der Waals surface area contributed by atoms with Crippen LogP contribution in [0.25, 0.3) is 0 Å². The number of amides is 1. The minimum atomic E-state index is -0.0745. The SMILES string of the molecule is Cc1cc(NC(=O)[C@@H]2CCCCN2)ncc1Br. The van der Waals surface area contributed by atoms with E-state index in [1.807, 2.05) is 13.0 Å². The molecular formula is C12H16BrN3O. The smallest absolute Gasteiger partial charge is 0.242 e. The third-order valence-electron chi connectivity index (χ3n) is 2.92. The van der Waals surface area contributed by atoms with E-state index < -0.39 is 0 Å². The average Bonchev–Trinajstić information content (AvgIpc) is 2.35. The van der Waals surface area contributed by atoms with Gasteiger partial charge in [0.1, 0.15) is 5.82 Å². The van der Waals surface area contributed by atoms with Gasteiger partial charge < -0.3 is 10.6 Å². The summed E-state index contributed by atoms with van der Waals surface area (Å²) >= 11 is 3.38. The van der Waals surface area contributed by atoms with E-state index >= 15 is 0 Å². The van der Waals surface area contributed by atoms with Crippen LogP contribution in [0.5, 0.6) is 0 Å². The number of hydrogen-bond acceptors (Lipinski definition) is 3. The Labute approximate surface area is 109 Å². The zero-order valence-electron chi connectivity index (χ0n) is 9.79. The molecule has 0 unspecified atom stereocenters. The molecule has 1 atom stereocenters. The van der Waals surface area contributed by atoms with Crippen molar-refractivity contribution in [3.63, 3.8) is 0 Å². The topological polar surface area (TPSA) is 54.0 Å². The zero-order valence-corrected chi connectivity index (χ0v) is 11.4. The summed E-state index contributed by atoms with van der Waals surface area (Å²) in [5.41, 5.74) is 1.06. The maximum Gasteiger partial charge on any atom is 0.242 e. The lowest BCUT2D eigenvalue weighted by Crippen LogP contribution is -2.43. The van der Waals surface area contributed by atoms with Gasteiger partial charge in [-0.05, 0) is 53.9 Å². The highest BCUT2D eigenvalue weighted by molar-refractivity contribution is 9.10. The van der Waals surface area contributed by atoms with E-state index in [2.05, 4.69) is 31.5 Å². The van der Waals surface area contributed by atoms with Crippen LogP contribution in [0, 0.1) is 6.92 Å². The number of halogens is 1. The highest BCUT2D eigenvalue weighted by Gasteiger charge is 2.20. The molecule has 1 aliphatic heterocycles. The van der Waals surface area contributed by atoms with E-state index in [9.17, 15) is 4.79 Å². The van der Waals surface area contributed by atoms with Crippen LogP contribution in [-0.2, 0) is 4.79 Å². The molecule has 0 bridgehead atoms. The molecule has 1 aliphatic rings. The lowest BCUT2D eigenvalue weighted by atomic mass is 10.0. The summed E-state index contributed by atoms with van der Waals surface area (Å²) in [4.78, 5) is 16.1. The van der Waals surface area contributed by atoms with Crippen LogP contribution >= 0.6 is 15.9 Å². The van der Waals surface area contributed by atoms with Crippen LogP contribution < -0.4 is 10.6 Å². The molecule has 1 amide bonds. The van der Waals surface area contributed by atoms with Crippen LogP contribution in [0.1, 0.15) is 24.8 Å². The van der Waals surface area contributed by atoms with Crippen molar-refractivity contribution in [3.8, 4) is 0 Å². The van der Waals surface area contributed by atoms with Crippen molar-refractivity contribution in [1.29, 1.82) is 0 Å². The molecule has 0 saturated carbocycles. The predicted molar refractivity (Wildman–Crippen MR) is 70.9 cm³/mol. The molecule has 5 heteroatoms. The normalized spacial score (nSPS) is 20.0.